The number of ether oxygens (including phenoxy) is 2. The van der Waals surface area contributed by atoms with E-state index in [1.807, 2.05) is 37.4 Å². The zero-order valence-electron chi connectivity index (χ0n) is 11.8. The summed E-state index contributed by atoms with van der Waals surface area (Å²) in [5.74, 6) is 2.37. The summed E-state index contributed by atoms with van der Waals surface area (Å²) in [4.78, 5) is 0. The van der Waals surface area contributed by atoms with Gasteiger partial charge in [-0.25, -0.2) is 0 Å². The second-order valence-electron chi connectivity index (χ2n) is 4.38. The Morgan fingerprint density at radius 2 is 1.90 bits per heavy atom. The van der Waals surface area contributed by atoms with Crippen LogP contribution >= 0.6 is 15.9 Å². The zero-order valence-corrected chi connectivity index (χ0v) is 13.4. The SMILES string of the molecule is CNC(Cc1ccc(OC)c(OC)c1)c1ccc(Br)o1. The van der Waals surface area contributed by atoms with Crippen LogP contribution in [0.25, 0.3) is 0 Å². The molecule has 4 nitrogen and oxygen atoms in total. The molecule has 0 radical (unpaired) electrons. The molecule has 0 spiro atoms. The van der Waals surface area contributed by atoms with Gasteiger partial charge in [0, 0.05) is 0 Å². The fourth-order valence-electron chi connectivity index (χ4n) is 2.10. The lowest BCUT2D eigenvalue weighted by Gasteiger charge is -2.15. The van der Waals surface area contributed by atoms with Crippen LogP contribution in [0.2, 0.25) is 0 Å². The topological polar surface area (TPSA) is 43.6 Å². The maximum atomic E-state index is 5.61. The number of hydrogen-bond acceptors (Lipinski definition) is 4. The van der Waals surface area contributed by atoms with E-state index in [4.69, 9.17) is 13.9 Å². The highest BCUT2D eigenvalue weighted by atomic mass is 79.9. The number of nitrogens with one attached hydrogen (secondary N) is 1. The molecule has 0 bridgehead atoms. The van der Waals surface area contributed by atoms with Crippen LogP contribution in [0.5, 0.6) is 11.5 Å². The standard InChI is InChI=1S/C15H18BrNO3/c1-17-11(12-6-7-15(16)20-12)8-10-4-5-13(18-2)14(9-10)19-3/h4-7,9,11,17H,8H2,1-3H3. The molecule has 1 aromatic carbocycles. The van der Waals surface area contributed by atoms with E-state index in [1.54, 1.807) is 14.2 Å². The first-order valence-electron chi connectivity index (χ1n) is 6.31. The minimum absolute atomic E-state index is 0.111. The highest BCUT2D eigenvalue weighted by Gasteiger charge is 2.15. The predicted molar refractivity (Wildman–Crippen MR) is 81.5 cm³/mol. The molecular formula is C15H18BrNO3. The van der Waals surface area contributed by atoms with Gasteiger partial charge in [0.15, 0.2) is 16.2 Å². The minimum atomic E-state index is 0.111. The third-order valence-electron chi connectivity index (χ3n) is 3.17. The van der Waals surface area contributed by atoms with E-state index in [1.165, 1.54) is 0 Å². The molecule has 0 aliphatic heterocycles. The van der Waals surface area contributed by atoms with Gasteiger partial charge in [-0.05, 0) is 59.2 Å². The van der Waals surface area contributed by atoms with Gasteiger partial charge in [0.05, 0.1) is 20.3 Å². The summed E-state index contributed by atoms with van der Waals surface area (Å²) in [5, 5.41) is 3.26. The van der Waals surface area contributed by atoms with Crippen LogP contribution in [-0.2, 0) is 6.42 Å². The summed E-state index contributed by atoms with van der Waals surface area (Å²) < 4.78 is 16.9. The van der Waals surface area contributed by atoms with Crippen molar-refractivity contribution in [2.45, 2.75) is 12.5 Å². The molecule has 0 aliphatic carbocycles. The summed E-state index contributed by atoms with van der Waals surface area (Å²) in [7, 11) is 5.19. The number of likely N-dealkylation sites (N-methyl/N-ethyl adjacent to an activating group) is 1. The number of hydrogen-bond donors (Lipinski definition) is 1. The van der Waals surface area contributed by atoms with Crippen LogP contribution < -0.4 is 14.8 Å². The van der Waals surface area contributed by atoms with E-state index in [2.05, 4.69) is 21.2 Å². The van der Waals surface area contributed by atoms with Crippen LogP contribution in [0.4, 0.5) is 0 Å². The van der Waals surface area contributed by atoms with Gasteiger partial charge < -0.3 is 19.2 Å². The van der Waals surface area contributed by atoms with Gasteiger partial charge in [-0.2, -0.15) is 0 Å². The van der Waals surface area contributed by atoms with Crippen LogP contribution in [0.15, 0.2) is 39.4 Å². The molecule has 1 N–H and O–H groups in total. The van der Waals surface area contributed by atoms with Crippen molar-refractivity contribution in [1.29, 1.82) is 0 Å². The van der Waals surface area contributed by atoms with Crippen LogP contribution in [0.3, 0.4) is 0 Å². The molecule has 0 aliphatic rings. The Labute approximate surface area is 127 Å². The normalized spacial score (nSPS) is 12.2. The van der Waals surface area contributed by atoms with E-state index in [0.717, 1.165) is 33.9 Å². The second-order valence-corrected chi connectivity index (χ2v) is 5.16. The van der Waals surface area contributed by atoms with Gasteiger partial charge in [-0.1, -0.05) is 6.07 Å². The summed E-state index contributed by atoms with van der Waals surface area (Å²) >= 11 is 3.33. The lowest BCUT2D eigenvalue weighted by atomic mass is 10.0. The van der Waals surface area contributed by atoms with E-state index in [0.29, 0.717) is 0 Å². The fraction of sp³-hybridized carbons (Fsp3) is 0.333. The van der Waals surface area contributed by atoms with Gasteiger partial charge in [0.1, 0.15) is 5.76 Å². The van der Waals surface area contributed by atoms with Crippen molar-refractivity contribution in [2.75, 3.05) is 21.3 Å². The Bertz CT molecular complexity index is 568. The van der Waals surface area contributed by atoms with Crippen LogP contribution in [0, 0.1) is 0 Å². The number of benzene rings is 1. The molecule has 1 unspecified atom stereocenters. The largest absolute Gasteiger partial charge is 0.493 e. The van der Waals surface area contributed by atoms with E-state index in [9.17, 15) is 0 Å². The highest BCUT2D eigenvalue weighted by molar-refractivity contribution is 9.10. The number of rotatable bonds is 6. The van der Waals surface area contributed by atoms with Crippen molar-refractivity contribution in [2.24, 2.45) is 0 Å². The Morgan fingerprint density at radius 1 is 1.15 bits per heavy atom. The van der Waals surface area contributed by atoms with E-state index >= 15 is 0 Å². The Morgan fingerprint density at radius 3 is 2.45 bits per heavy atom. The van der Waals surface area contributed by atoms with Crippen LogP contribution in [-0.4, -0.2) is 21.3 Å². The van der Waals surface area contributed by atoms with E-state index < -0.39 is 0 Å². The third kappa shape index (κ3) is 3.35. The highest BCUT2D eigenvalue weighted by Crippen LogP contribution is 2.30. The first kappa shape index (κ1) is 14.9. The summed E-state index contributed by atoms with van der Waals surface area (Å²) in [6, 6.07) is 9.91. The van der Waals surface area contributed by atoms with Gasteiger partial charge in [-0.3, -0.25) is 0 Å². The van der Waals surface area contributed by atoms with Crippen molar-refractivity contribution in [3.63, 3.8) is 0 Å². The molecule has 0 fully saturated rings. The van der Waals surface area contributed by atoms with Crippen molar-refractivity contribution in [1.82, 2.24) is 5.32 Å². The van der Waals surface area contributed by atoms with Gasteiger partial charge >= 0.3 is 0 Å². The third-order valence-corrected chi connectivity index (χ3v) is 3.60. The van der Waals surface area contributed by atoms with Crippen molar-refractivity contribution >= 4 is 15.9 Å². The first-order valence-corrected chi connectivity index (χ1v) is 7.10. The minimum Gasteiger partial charge on any atom is -0.493 e. The summed E-state index contributed by atoms with van der Waals surface area (Å²) in [5.41, 5.74) is 1.15. The molecule has 0 amide bonds. The quantitative estimate of drug-likeness (QED) is 0.873. The molecular weight excluding hydrogens is 322 g/mol. The average molecular weight is 340 g/mol. The van der Waals surface area contributed by atoms with Crippen molar-refractivity contribution < 1.29 is 13.9 Å². The lowest BCUT2D eigenvalue weighted by Crippen LogP contribution is -2.18. The smallest absolute Gasteiger partial charge is 0.169 e. The van der Waals surface area contributed by atoms with Crippen molar-refractivity contribution in [3.8, 4) is 11.5 Å². The monoisotopic (exact) mass is 339 g/mol. The molecule has 0 saturated carbocycles. The maximum Gasteiger partial charge on any atom is 0.169 e. The molecule has 108 valence electrons. The zero-order chi connectivity index (χ0) is 14.5. The van der Waals surface area contributed by atoms with Gasteiger partial charge in [0.25, 0.3) is 0 Å². The lowest BCUT2D eigenvalue weighted by molar-refractivity contribution is 0.354. The molecule has 0 saturated heterocycles. The fourth-order valence-corrected chi connectivity index (χ4v) is 2.42. The van der Waals surface area contributed by atoms with E-state index in [-0.39, 0.29) is 6.04 Å². The molecule has 1 aromatic heterocycles. The molecule has 5 heteroatoms. The molecule has 2 rings (SSSR count). The molecule has 2 aromatic rings. The maximum absolute atomic E-state index is 5.61. The van der Waals surface area contributed by atoms with Crippen LogP contribution in [0.1, 0.15) is 17.4 Å². The average Bonchev–Trinajstić information content (AvgIpc) is 2.90. The predicted octanol–water partition coefficient (Wildman–Crippen LogP) is 3.56. The van der Waals surface area contributed by atoms with Gasteiger partial charge in [0.2, 0.25) is 0 Å². The summed E-state index contributed by atoms with van der Waals surface area (Å²) in [6.45, 7) is 0. The Kier molecular flexibility index (Phi) is 5.09. The summed E-state index contributed by atoms with van der Waals surface area (Å²) in [6.07, 6.45) is 0.802. The Balaban J connectivity index is 2.19. The van der Waals surface area contributed by atoms with Gasteiger partial charge in [-0.15, -0.1) is 0 Å². The molecule has 20 heavy (non-hydrogen) atoms. The number of furan rings is 1. The Hall–Kier alpha value is -1.46. The second kappa shape index (κ2) is 6.81. The number of halogens is 1. The molecule has 1 heterocycles. The first-order chi connectivity index (χ1) is 9.67. The molecule has 1 atom stereocenters. The number of methoxy groups -OCH3 is 2. The van der Waals surface area contributed by atoms with Crippen molar-refractivity contribution in [3.05, 3.63) is 46.3 Å².